The summed E-state index contributed by atoms with van der Waals surface area (Å²) in [5.41, 5.74) is 2.27. The molecule has 2 N–H and O–H groups in total. The zero-order valence-corrected chi connectivity index (χ0v) is 16.5. The highest BCUT2D eigenvalue weighted by Gasteiger charge is 2.20. The van der Waals surface area contributed by atoms with Crippen molar-refractivity contribution in [3.8, 4) is 0 Å². The number of nitrogens with one attached hydrogen (secondary N) is 2. The van der Waals surface area contributed by atoms with Crippen LogP contribution >= 0.6 is 0 Å². The van der Waals surface area contributed by atoms with Gasteiger partial charge in [-0.2, -0.15) is 0 Å². The molecule has 0 aliphatic carbocycles. The van der Waals surface area contributed by atoms with E-state index in [9.17, 15) is 18.8 Å². The van der Waals surface area contributed by atoms with Gasteiger partial charge in [-0.15, -0.1) is 0 Å². The molecule has 3 amide bonds. The number of nitrogens with zero attached hydrogens (tertiary/aromatic N) is 1. The Morgan fingerprint density at radius 2 is 1.77 bits per heavy atom. The van der Waals surface area contributed by atoms with Gasteiger partial charge >= 0.3 is 12.0 Å². The van der Waals surface area contributed by atoms with Gasteiger partial charge in [0.25, 0.3) is 5.91 Å². The highest BCUT2D eigenvalue weighted by molar-refractivity contribution is 6.03. The van der Waals surface area contributed by atoms with E-state index in [1.165, 1.54) is 24.3 Å². The lowest BCUT2D eigenvalue weighted by Crippen LogP contribution is -2.37. The smallest absolute Gasteiger partial charge is 0.340 e. The van der Waals surface area contributed by atoms with E-state index in [-0.39, 0.29) is 5.69 Å². The number of pyridine rings is 1. The summed E-state index contributed by atoms with van der Waals surface area (Å²) >= 11 is 0. The fourth-order valence-electron chi connectivity index (χ4n) is 3.05. The number of urea groups is 1. The molecule has 0 saturated carbocycles. The van der Waals surface area contributed by atoms with E-state index in [4.69, 9.17) is 4.74 Å². The number of amides is 3. The van der Waals surface area contributed by atoms with Gasteiger partial charge in [0.15, 0.2) is 6.61 Å². The first-order chi connectivity index (χ1) is 14.4. The number of fused-ring (bicyclic) bond motifs is 1. The molecule has 7 nitrogen and oxygen atoms in total. The quantitative estimate of drug-likeness (QED) is 0.626. The number of imide groups is 1. The molecule has 0 atom stereocenters. The van der Waals surface area contributed by atoms with Crippen LogP contribution in [0.25, 0.3) is 10.9 Å². The van der Waals surface area contributed by atoms with E-state index in [2.05, 4.69) is 10.3 Å². The summed E-state index contributed by atoms with van der Waals surface area (Å²) in [5.74, 6) is -2.19. The molecule has 0 aliphatic heterocycles. The SMILES string of the molecule is CCc1nc2ccccc2c(C)c1C(=O)OCC(=O)NC(=O)Nc1ccccc1F. The highest BCUT2D eigenvalue weighted by atomic mass is 19.1. The van der Waals surface area contributed by atoms with Gasteiger partial charge in [0.05, 0.1) is 22.5 Å². The molecule has 0 saturated heterocycles. The molecule has 0 bridgehead atoms. The van der Waals surface area contributed by atoms with Crippen LogP contribution in [0.4, 0.5) is 14.9 Å². The van der Waals surface area contributed by atoms with Crippen molar-refractivity contribution in [1.29, 1.82) is 0 Å². The number of esters is 1. The largest absolute Gasteiger partial charge is 0.452 e. The summed E-state index contributed by atoms with van der Waals surface area (Å²) < 4.78 is 18.6. The Morgan fingerprint density at radius 3 is 2.50 bits per heavy atom. The van der Waals surface area contributed by atoms with E-state index in [0.29, 0.717) is 23.2 Å². The molecular formula is C22H20FN3O4. The molecule has 2 aromatic carbocycles. The van der Waals surface area contributed by atoms with Crippen molar-refractivity contribution in [2.45, 2.75) is 20.3 Å². The van der Waals surface area contributed by atoms with Crippen LogP contribution in [0, 0.1) is 12.7 Å². The van der Waals surface area contributed by atoms with Crippen molar-refractivity contribution < 1.29 is 23.5 Å². The third-order valence-electron chi connectivity index (χ3n) is 4.48. The molecule has 3 aromatic rings. The number of aromatic nitrogens is 1. The van der Waals surface area contributed by atoms with E-state index in [0.717, 1.165) is 10.9 Å². The maximum absolute atomic E-state index is 13.5. The van der Waals surface area contributed by atoms with E-state index in [1.807, 2.05) is 36.5 Å². The Hall–Kier alpha value is -3.81. The van der Waals surface area contributed by atoms with E-state index < -0.39 is 30.3 Å². The van der Waals surface area contributed by atoms with Crippen molar-refractivity contribution >= 4 is 34.5 Å². The van der Waals surface area contributed by atoms with Gasteiger partial charge in [-0.25, -0.2) is 14.0 Å². The summed E-state index contributed by atoms with van der Waals surface area (Å²) in [4.78, 5) is 40.9. The van der Waals surface area contributed by atoms with Gasteiger partial charge in [0.1, 0.15) is 5.82 Å². The minimum atomic E-state index is -0.932. The number of ether oxygens (including phenoxy) is 1. The molecule has 0 fully saturated rings. The molecule has 8 heteroatoms. The van der Waals surface area contributed by atoms with Gasteiger partial charge in [0, 0.05) is 5.39 Å². The van der Waals surface area contributed by atoms with Gasteiger partial charge < -0.3 is 10.1 Å². The van der Waals surface area contributed by atoms with Gasteiger partial charge in [-0.05, 0) is 37.1 Å². The molecule has 0 unspecified atom stereocenters. The second-order valence-electron chi connectivity index (χ2n) is 6.49. The Morgan fingerprint density at radius 1 is 1.07 bits per heavy atom. The van der Waals surface area contributed by atoms with Crippen LogP contribution in [0.2, 0.25) is 0 Å². The van der Waals surface area contributed by atoms with Gasteiger partial charge in [-0.3, -0.25) is 15.1 Å². The average Bonchev–Trinajstić information content (AvgIpc) is 2.73. The predicted octanol–water partition coefficient (Wildman–Crippen LogP) is 3.75. The lowest BCUT2D eigenvalue weighted by molar-refractivity contribution is -0.123. The third kappa shape index (κ3) is 4.60. The topological polar surface area (TPSA) is 97.4 Å². The zero-order valence-electron chi connectivity index (χ0n) is 16.5. The summed E-state index contributed by atoms with van der Waals surface area (Å²) in [6.45, 7) is 2.99. The van der Waals surface area contributed by atoms with Crippen LogP contribution in [0.15, 0.2) is 48.5 Å². The number of aryl methyl sites for hydroxylation is 2. The molecular weight excluding hydrogens is 389 g/mol. The molecule has 1 aromatic heterocycles. The predicted molar refractivity (Wildman–Crippen MR) is 110 cm³/mol. The van der Waals surface area contributed by atoms with Crippen LogP contribution in [-0.2, 0) is 16.0 Å². The minimum Gasteiger partial charge on any atom is -0.452 e. The van der Waals surface area contributed by atoms with Crippen LogP contribution in [-0.4, -0.2) is 29.5 Å². The second-order valence-corrected chi connectivity index (χ2v) is 6.49. The number of halogens is 1. The summed E-state index contributed by atoms with van der Waals surface area (Å²) in [6.07, 6.45) is 0.507. The standard InChI is InChI=1S/C22H20FN3O4/c1-3-16-20(13(2)14-8-4-6-10-17(14)24-16)21(28)30-12-19(27)26-22(29)25-18-11-7-5-9-15(18)23/h4-11H,3,12H2,1-2H3,(H2,25,26,27,29). The fourth-order valence-corrected chi connectivity index (χ4v) is 3.05. The molecule has 0 radical (unpaired) electrons. The maximum Gasteiger partial charge on any atom is 0.340 e. The summed E-state index contributed by atoms with van der Waals surface area (Å²) in [7, 11) is 0. The number of hydrogen-bond donors (Lipinski definition) is 2. The van der Waals surface area contributed by atoms with Crippen molar-refractivity contribution in [2.75, 3.05) is 11.9 Å². The summed E-state index contributed by atoms with van der Waals surface area (Å²) in [6, 6.07) is 12.0. The lowest BCUT2D eigenvalue weighted by Gasteiger charge is -2.13. The lowest BCUT2D eigenvalue weighted by atomic mass is 10.0. The van der Waals surface area contributed by atoms with Crippen molar-refractivity contribution in [3.05, 3.63) is 71.2 Å². The summed E-state index contributed by atoms with van der Waals surface area (Å²) in [5, 5.41) is 5.01. The van der Waals surface area contributed by atoms with E-state index >= 15 is 0 Å². The molecule has 154 valence electrons. The number of anilines is 1. The maximum atomic E-state index is 13.5. The van der Waals surface area contributed by atoms with Crippen molar-refractivity contribution in [2.24, 2.45) is 0 Å². The first-order valence-electron chi connectivity index (χ1n) is 9.31. The first-order valence-corrected chi connectivity index (χ1v) is 9.31. The number of rotatable bonds is 5. The number of carbonyl (C=O) groups is 3. The Balaban J connectivity index is 1.65. The van der Waals surface area contributed by atoms with Crippen molar-refractivity contribution in [1.82, 2.24) is 10.3 Å². The fraction of sp³-hybridized carbons (Fsp3) is 0.182. The molecule has 1 heterocycles. The Labute approximate surface area is 172 Å². The monoisotopic (exact) mass is 409 g/mol. The van der Waals surface area contributed by atoms with Crippen LogP contribution in [0.1, 0.15) is 28.5 Å². The highest BCUT2D eigenvalue weighted by Crippen LogP contribution is 2.24. The van der Waals surface area contributed by atoms with Crippen LogP contribution in [0.3, 0.4) is 0 Å². The van der Waals surface area contributed by atoms with Crippen LogP contribution in [0.5, 0.6) is 0 Å². The number of para-hydroxylation sites is 2. The molecule has 30 heavy (non-hydrogen) atoms. The molecule has 0 aliphatic rings. The minimum absolute atomic E-state index is 0.0785. The molecule has 0 spiro atoms. The Kier molecular flexibility index (Phi) is 6.36. The first kappa shape index (κ1) is 20.9. The molecule has 3 rings (SSSR count). The normalized spacial score (nSPS) is 10.5. The second kappa shape index (κ2) is 9.13. The zero-order chi connectivity index (χ0) is 21.7. The number of carbonyl (C=O) groups excluding carboxylic acids is 3. The number of benzene rings is 2. The third-order valence-corrected chi connectivity index (χ3v) is 4.48. The van der Waals surface area contributed by atoms with Gasteiger partial charge in [0.2, 0.25) is 0 Å². The van der Waals surface area contributed by atoms with Crippen LogP contribution < -0.4 is 10.6 Å². The van der Waals surface area contributed by atoms with Crippen molar-refractivity contribution in [3.63, 3.8) is 0 Å². The van der Waals surface area contributed by atoms with Gasteiger partial charge in [-0.1, -0.05) is 37.3 Å². The van der Waals surface area contributed by atoms with E-state index in [1.54, 1.807) is 6.92 Å². The Bertz CT molecular complexity index is 1130. The average molecular weight is 409 g/mol. The number of hydrogen-bond acceptors (Lipinski definition) is 5.